The van der Waals surface area contributed by atoms with E-state index in [1.54, 1.807) is 6.33 Å². The molecule has 0 saturated heterocycles. The Morgan fingerprint density at radius 1 is 1.39 bits per heavy atom. The molecule has 7 nitrogen and oxygen atoms in total. The summed E-state index contributed by atoms with van der Waals surface area (Å²) in [4.78, 5) is 23.2. The molecule has 0 aromatic carbocycles. The number of nitrogens with two attached hydrogens (primary N) is 1. The van der Waals surface area contributed by atoms with Gasteiger partial charge in [0.15, 0.2) is 11.5 Å². The third kappa shape index (κ3) is 1.59. The number of carboxylic acids is 1. The molecule has 0 bridgehead atoms. The van der Waals surface area contributed by atoms with Gasteiger partial charge in [-0.2, -0.15) is 0 Å². The van der Waals surface area contributed by atoms with Gasteiger partial charge < -0.3 is 15.4 Å². The van der Waals surface area contributed by atoms with Crippen LogP contribution in [0.1, 0.15) is 25.3 Å². The van der Waals surface area contributed by atoms with Crippen LogP contribution in [0.25, 0.3) is 11.2 Å². The van der Waals surface area contributed by atoms with E-state index >= 15 is 0 Å². The highest BCUT2D eigenvalue weighted by atomic mass is 16.4. The molecule has 1 aliphatic carbocycles. The van der Waals surface area contributed by atoms with Gasteiger partial charge in [0.05, 0.1) is 12.2 Å². The summed E-state index contributed by atoms with van der Waals surface area (Å²) in [6, 6.07) is 0.130. The third-order valence-corrected chi connectivity index (χ3v) is 3.53. The maximum Gasteiger partial charge on any atom is 0.306 e. The molecule has 1 saturated carbocycles. The van der Waals surface area contributed by atoms with Gasteiger partial charge in [-0.1, -0.05) is 0 Å². The van der Waals surface area contributed by atoms with E-state index in [1.165, 1.54) is 6.33 Å². The lowest BCUT2D eigenvalue weighted by Gasteiger charge is -2.11. The molecule has 3 N–H and O–H groups in total. The molecule has 0 amide bonds. The molecule has 0 aliphatic heterocycles. The van der Waals surface area contributed by atoms with Crippen LogP contribution in [0, 0.1) is 5.92 Å². The van der Waals surface area contributed by atoms with Gasteiger partial charge >= 0.3 is 5.97 Å². The van der Waals surface area contributed by atoms with E-state index in [-0.39, 0.29) is 12.0 Å². The first-order valence-corrected chi connectivity index (χ1v) is 5.82. The number of aromatic nitrogens is 4. The average molecular weight is 247 g/mol. The van der Waals surface area contributed by atoms with Crippen molar-refractivity contribution in [3.8, 4) is 0 Å². The first kappa shape index (κ1) is 10.9. The third-order valence-electron chi connectivity index (χ3n) is 3.53. The standard InChI is InChI=1S/C11H13N5O2/c12-9-8-10(14-4-13-9)16(5-15-8)7-2-1-6(3-7)11(17)18/h4-7H,1-3H2,(H,17,18)(H2,12,13,14)/t6-,7+/m1/s1. The first-order chi connectivity index (χ1) is 8.66. The zero-order chi connectivity index (χ0) is 12.7. The SMILES string of the molecule is Nc1ncnc2c1ncn2[C@H]1CC[C@@H](C(=O)O)C1. The molecule has 2 heterocycles. The number of nitrogens with zero attached hydrogens (tertiary/aromatic N) is 4. The largest absolute Gasteiger partial charge is 0.481 e. The Labute approximate surface area is 103 Å². The first-order valence-electron chi connectivity index (χ1n) is 5.82. The van der Waals surface area contributed by atoms with Crippen molar-refractivity contribution in [2.75, 3.05) is 5.73 Å². The Morgan fingerprint density at radius 3 is 2.94 bits per heavy atom. The quantitative estimate of drug-likeness (QED) is 0.814. The lowest BCUT2D eigenvalue weighted by molar-refractivity contribution is -0.141. The highest BCUT2D eigenvalue weighted by Gasteiger charge is 2.31. The number of hydrogen-bond donors (Lipinski definition) is 2. The summed E-state index contributed by atoms with van der Waals surface area (Å²) in [5.74, 6) is -0.644. The van der Waals surface area contributed by atoms with E-state index in [2.05, 4.69) is 15.0 Å². The van der Waals surface area contributed by atoms with Gasteiger partial charge in [0.1, 0.15) is 11.8 Å². The molecule has 1 aliphatic rings. The van der Waals surface area contributed by atoms with Crippen LogP contribution in [-0.2, 0) is 4.79 Å². The molecule has 0 unspecified atom stereocenters. The zero-order valence-corrected chi connectivity index (χ0v) is 9.65. The van der Waals surface area contributed by atoms with E-state index in [0.29, 0.717) is 29.8 Å². The molecule has 2 aromatic heterocycles. The summed E-state index contributed by atoms with van der Waals surface area (Å²) < 4.78 is 1.91. The monoisotopic (exact) mass is 247 g/mol. The second-order valence-electron chi connectivity index (χ2n) is 4.58. The molecule has 0 spiro atoms. The van der Waals surface area contributed by atoms with Gasteiger partial charge in [-0.15, -0.1) is 0 Å². The summed E-state index contributed by atoms with van der Waals surface area (Å²) in [7, 11) is 0. The van der Waals surface area contributed by atoms with Crippen molar-refractivity contribution in [1.29, 1.82) is 0 Å². The second kappa shape index (κ2) is 3.94. The predicted molar refractivity (Wildman–Crippen MR) is 63.7 cm³/mol. The van der Waals surface area contributed by atoms with Crippen LogP contribution in [0.4, 0.5) is 5.82 Å². The van der Waals surface area contributed by atoms with Crippen molar-refractivity contribution in [2.45, 2.75) is 25.3 Å². The van der Waals surface area contributed by atoms with Gasteiger partial charge in [0.25, 0.3) is 0 Å². The van der Waals surface area contributed by atoms with Crippen molar-refractivity contribution in [2.24, 2.45) is 5.92 Å². The minimum absolute atomic E-state index is 0.130. The number of aliphatic carboxylic acids is 1. The zero-order valence-electron chi connectivity index (χ0n) is 9.65. The maximum atomic E-state index is 11.0. The van der Waals surface area contributed by atoms with Crippen LogP contribution in [-0.4, -0.2) is 30.6 Å². The summed E-state index contributed by atoms with van der Waals surface area (Å²) in [6.45, 7) is 0. The Bertz CT molecular complexity index is 608. The number of nitrogen functional groups attached to an aromatic ring is 1. The van der Waals surface area contributed by atoms with Gasteiger partial charge in [-0.3, -0.25) is 4.79 Å². The highest BCUT2D eigenvalue weighted by Crippen LogP contribution is 2.36. The Balaban J connectivity index is 1.96. The van der Waals surface area contributed by atoms with E-state index in [1.807, 2.05) is 4.57 Å². The van der Waals surface area contributed by atoms with Crippen molar-refractivity contribution in [3.63, 3.8) is 0 Å². The van der Waals surface area contributed by atoms with Crippen molar-refractivity contribution < 1.29 is 9.90 Å². The molecule has 1 fully saturated rings. The number of fused-ring (bicyclic) bond motifs is 1. The highest BCUT2D eigenvalue weighted by molar-refractivity contribution is 5.81. The molecule has 2 atom stereocenters. The van der Waals surface area contributed by atoms with Crippen LogP contribution < -0.4 is 5.73 Å². The van der Waals surface area contributed by atoms with E-state index in [4.69, 9.17) is 10.8 Å². The lowest BCUT2D eigenvalue weighted by atomic mass is 10.1. The normalized spacial score (nSPS) is 23.6. The number of imidazole rings is 1. The molecular formula is C11H13N5O2. The van der Waals surface area contributed by atoms with Crippen molar-refractivity contribution in [1.82, 2.24) is 19.5 Å². The minimum Gasteiger partial charge on any atom is -0.481 e. The minimum atomic E-state index is -0.726. The summed E-state index contributed by atoms with van der Waals surface area (Å²) >= 11 is 0. The Hall–Kier alpha value is -2.18. The topological polar surface area (TPSA) is 107 Å². The summed E-state index contributed by atoms with van der Waals surface area (Å²) in [6.07, 6.45) is 5.21. The van der Waals surface area contributed by atoms with Gasteiger partial charge in [-0.25, -0.2) is 15.0 Å². The van der Waals surface area contributed by atoms with E-state index in [0.717, 1.165) is 6.42 Å². The molecule has 0 radical (unpaired) electrons. The molecule has 2 aromatic rings. The molecule has 7 heteroatoms. The molecule has 94 valence electrons. The molecular weight excluding hydrogens is 234 g/mol. The molecule has 18 heavy (non-hydrogen) atoms. The number of carboxylic acid groups (broad SMARTS) is 1. The van der Waals surface area contributed by atoms with Crippen LogP contribution in [0.2, 0.25) is 0 Å². The summed E-state index contributed by atoms with van der Waals surface area (Å²) in [5, 5.41) is 9.02. The van der Waals surface area contributed by atoms with Gasteiger partial charge in [0, 0.05) is 6.04 Å². The van der Waals surface area contributed by atoms with Gasteiger partial charge in [-0.05, 0) is 19.3 Å². The van der Waals surface area contributed by atoms with Crippen LogP contribution in [0.5, 0.6) is 0 Å². The fraction of sp³-hybridized carbons (Fsp3) is 0.455. The van der Waals surface area contributed by atoms with E-state index in [9.17, 15) is 4.79 Å². The van der Waals surface area contributed by atoms with Crippen LogP contribution in [0.15, 0.2) is 12.7 Å². The number of anilines is 1. The predicted octanol–water partition coefficient (Wildman–Crippen LogP) is 0.834. The number of carbonyl (C=O) groups is 1. The number of rotatable bonds is 2. The average Bonchev–Trinajstić information content (AvgIpc) is 2.94. The van der Waals surface area contributed by atoms with Crippen molar-refractivity contribution >= 4 is 23.0 Å². The van der Waals surface area contributed by atoms with Crippen LogP contribution >= 0.6 is 0 Å². The van der Waals surface area contributed by atoms with E-state index < -0.39 is 5.97 Å². The molecule has 3 rings (SSSR count). The number of hydrogen-bond acceptors (Lipinski definition) is 5. The second-order valence-corrected chi connectivity index (χ2v) is 4.58. The fourth-order valence-electron chi connectivity index (χ4n) is 2.57. The van der Waals surface area contributed by atoms with Gasteiger partial charge in [0.2, 0.25) is 0 Å². The Morgan fingerprint density at radius 2 is 2.22 bits per heavy atom. The fourth-order valence-corrected chi connectivity index (χ4v) is 2.57. The van der Waals surface area contributed by atoms with Crippen molar-refractivity contribution in [3.05, 3.63) is 12.7 Å². The smallest absolute Gasteiger partial charge is 0.306 e. The summed E-state index contributed by atoms with van der Waals surface area (Å²) in [5.41, 5.74) is 6.98. The van der Waals surface area contributed by atoms with Crippen LogP contribution in [0.3, 0.4) is 0 Å². The lowest BCUT2D eigenvalue weighted by Crippen LogP contribution is -2.11. The maximum absolute atomic E-state index is 11.0. The Kier molecular flexibility index (Phi) is 2.39.